The second kappa shape index (κ2) is 7.52. The van der Waals surface area contributed by atoms with Crippen molar-refractivity contribution in [3.63, 3.8) is 0 Å². The molecule has 1 aliphatic rings. The molecule has 1 atom stereocenters. The van der Waals surface area contributed by atoms with Gasteiger partial charge in [0.1, 0.15) is 0 Å². The van der Waals surface area contributed by atoms with Crippen LogP contribution in [0.5, 0.6) is 0 Å². The fourth-order valence-corrected chi connectivity index (χ4v) is 3.69. The van der Waals surface area contributed by atoms with Gasteiger partial charge in [-0.05, 0) is 47.2 Å². The monoisotopic (exact) mass is 342 g/mol. The molecule has 0 saturated heterocycles. The largest absolute Gasteiger partial charge is 0.337 e. The molecule has 0 N–H and O–H groups in total. The van der Waals surface area contributed by atoms with Gasteiger partial charge in [0.25, 0.3) is 0 Å². The average Bonchev–Trinajstić information content (AvgIpc) is 2.72. The molecule has 3 aromatic rings. The Bertz CT molecular complexity index is 877. The quantitative estimate of drug-likeness (QED) is 0.718. The number of aromatic nitrogens is 1. The van der Waals surface area contributed by atoms with E-state index >= 15 is 0 Å². The summed E-state index contributed by atoms with van der Waals surface area (Å²) in [7, 11) is 0. The second-order valence-corrected chi connectivity index (χ2v) is 6.80. The van der Waals surface area contributed by atoms with Gasteiger partial charge >= 0.3 is 0 Å². The van der Waals surface area contributed by atoms with Gasteiger partial charge in [0, 0.05) is 25.5 Å². The van der Waals surface area contributed by atoms with Gasteiger partial charge in [-0.1, -0.05) is 54.6 Å². The molecule has 0 fully saturated rings. The Hall–Kier alpha value is -2.94. The number of carbonyl (C=O) groups is 1. The van der Waals surface area contributed by atoms with Crippen LogP contribution >= 0.6 is 0 Å². The van der Waals surface area contributed by atoms with Gasteiger partial charge in [-0.15, -0.1) is 0 Å². The van der Waals surface area contributed by atoms with Crippen LogP contribution < -0.4 is 0 Å². The number of hydrogen-bond acceptors (Lipinski definition) is 2. The molecule has 0 aliphatic carbocycles. The van der Waals surface area contributed by atoms with Crippen LogP contribution in [0.3, 0.4) is 0 Å². The number of hydrogen-bond donors (Lipinski definition) is 0. The van der Waals surface area contributed by atoms with Gasteiger partial charge < -0.3 is 4.90 Å². The van der Waals surface area contributed by atoms with Crippen LogP contribution in [0.4, 0.5) is 0 Å². The third kappa shape index (κ3) is 3.52. The molecule has 0 saturated carbocycles. The minimum absolute atomic E-state index is 0.163. The average molecular weight is 342 g/mol. The summed E-state index contributed by atoms with van der Waals surface area (Å²) in [6.45, 7) is 1.49. The maximum absolute atomic E-state index is 13.4. The third-order valence-corrected chi connectivity index (χ3v) is 5.13. The van der Waals surface area contributed by atoms with Crippen molar-refractivity contribution in [2.75, 3.05) is 6.54 Å². The number of rotatable bonds is 4. The molecule has 26 heavy (non-hydrogen) atoms. The molecule has 0 bridgehead atoms. The molecule has 0 spiro atoms. The summed E-state index contributed by atoms with van der Waals surface area (Å²) in [5.74, 6) is 0.0476. The van der Waals surface area contributed by atoms with Gasteiger partial charge in [0.15, 0.2) is 0 Å². The van der Waals surface area contributed by atoms with E-state index in [2.05, 4.69) is 41.4 Å². The smallest absolute Gasteiger partial charge is 0.230 e. The standard InChI is InChI=1S/C23H22N2O/c26-23(25-15-12-19-6-4-5-9-21(19)17-25)22(20-7-2-1-3-8-20)16-18-10-13-24-14-11-18/h1-11,13-14,22H,12,15-17H2. The SMILES string of the molecule is O=C(C(Cc1ccncc1)c1ccccc1)N1CCc2ccccc2C1. The first-order valence-corrected chi connectivity index (χ1v) is 9.10. The Morgan fingerprint density at radius 1 is 0.923 bits per heavy atom. The van der Waals surface area contributed by atoms with Crippen molar-refractivity contribution < 1.29 is 4.79 Å². The van der Waals surface area contributed by atoms with E-state index in [4.69, 9.17) is 0 Å². The van der Waals surface area contributed by atoms with Crippen LogP contribution in [0.25, 0.3) is 0 Å². The molecule has 1 aromatic heterocycles. The molecule has 0 radical (unpaired) electrons. The highest BCUT2D eigenvalue weighted by Gasteiger charge is 2.28. The molecule has 1 amide bonds. The zero-order chi connectivity index (χ0) is 17.8. The molecule has 3 heteroatoms. The molecule has 2 heterocycles. The van der Waals surface area contributed by atoms with Crippen LogP contribution in [0.15, 0.2) is 79.1 Å². The van der Waals surface area contributed by atoms with Gasteiger partial charge in [-0.2, -0.15) is 0 Å². The summed E-state index contributed by atoms with van der Waals surface area (Å²) in [6, 6.07) is 22.5. The zero-order valence-corrected chi connectivity index (χ0v) is 14.7. The number of nitrogens with zero attached hydrogens (tertiary/aromatic N) is 2. The fourth-order valence-electron chi connectivity index (χ4n) is 3.69. The normalized spacial score (nSPS) is 14.5. The van der Waals surface area contributed by atoms with Crippen LogP contribution in [0.1, 0.15) is 28.2 Å². The van der Waals surface area contributed by atoms with E-state index in [1.54, 1.807) is 12.4 Å². The Morgan fingerprint density at radius 2 is 1.62 bits per heavy atom. The van der Waals surface area contributed by atoms with Gasteiger partial charge in [0.05, 0.1) is 5.92 Å². The maximum Gasteiger partial charge on any atom is 0.230 e. The minimum Gasteiger partial charge on any atom is -0.337 e. The first kappa shape index (κ1) is 16.5. The summed E-state index contributed by atoms with van der Waals surface area (Å²) < 4.78 is 0. The van der Waals surface area contributed by atoms with Crippen molar-refractivity contribution in [2.45, 2.75) is 25.3 Å². The summed E-state index contributed by atoms with van der Waals surface area (Å²) in [5, 5.41) is 0. The van der Waals surface area contributed by atoms with Crippen LogP contribution in [0.2, 0.25) is 0 Å². The lowest BCUT2D eigenvalue weighted by Crippen LogP contribution is -2.39. The Morgan fingerprint density at radius 3 is 2.38 bits per heavy atom. The zero-order valence-electron chi connectivity index (χ0n) is 14.7. The number of pyridine rings is 1. The topological polar surface area (TPSA) is 33.2 Å². The highest BCUT2D eigenvalue weighted by Crippen LogP contribution is 2.27. The Kier molecular flexibility index (Phi) is 4.78. The first-order chi connectivity index (χ1) is 12.8. The van der Waals surface area contributed by atoms with Crippen molar-refractivity contribution in [2.24, 2.45) is 0 Å². The van der Waals surface area contributed by atoms with Crippen molar-refractivity contribution in [3.05, 3.63) is 101 Å². The van der Waals surface area contributed by atoms with E-state index in [1.165, 1.54) is 11.1 Å². The van der Waals surface area contributed by atoms with Gasteiger partial charge in [-0.25, -0.2) is 0 Å². The molecule has 1 unspecified atom stereocenters. The summed E-state index contributed by atoms with van der Waals surface area (Å²) in [6.07, 6.45) is 5.21. The lowest BCUT2D eigenvalue weighted by Gasteiger charge is -2.32. The molecule has 130 valence electrons. The summed E-state index contributed by atoms with van der Waals surface area (Å²) in [4.78, 5) is 19.5. The third-order valence-electron chi connectivity index (χ3n) is 5.13. The molecule has 3 nitrogen and oxygen atoms in total. The van der Waals surface area contributed by atoms with E-state index in [-0.39, 0.29) is 11.8 Å². The molecular formula is C23H22N2O. The molecule has 1 aliphatic heterocycles. The maximum atomic E-state index is 13.4. The van der Waals surface area contributed by atoms with E-state index in [0.29, 0.717) is 13.0 Å². The molecule has 2 aromatic carbocycles. The number of amides is 1. The van der Waals surface area contributed by atoms with Crippen LogP contribution in [-0.4, -0.2) is 22.3 Å². The van der Waals surface area contributed by atoms with Crippen molar-refractivity contribution >= 4 is 5.91 Å². The highest BCUT2D eigenvalue weighted by atomic mass is 16.2. The van der Waals surface area contributed by atoms with E-state index < -0.39 is 0 Å². The van der Waals surface area contributed by atoms with Crippen molar-refractivity contribution in [1.82, 2.24) is 9.88 Å². The van der Waals surface area contributed by atoms with Crippen molar-refractivity contribution in [1.29, 1.82) is 0 Å². The summed E-state index contributed by atoms with van der Waals surface area (Å²) >= 11 is 0. The first-order valence-electron chi connectivity index (χ1n) is 9.10. The molecule has 4 rings (SSSR count). The van der Waals surface area contributed by atoms with E-state index in [1.807, 2.05) is 35.2 Å². The van der Waals surface area contributed by atoms with Crippen molar-refractivity contribution in [3.8, 4) is 0 Å². The van der Waals surface area contributed by atoms with Gasteiger partial charge in [0.2, 0.25) is 5.91 Å². The lowest BCUT2D eigenvalue weighted by atomic mass is 9.90. The highest BCUT2D eigenvalue weighted by molar-refractivity contribution is 5.84. The lowest BCUT2D eigenvalue weighted by molar-refractivity contribution is -0.133. The van der Waals surface area contributed by atoms with E-state index in [9.17, 15) is 4.79 Å². The summed E-state index contributed by atoms with van der Waals surface area (Å²) in [5.41, 5.74) is 4.84. The molecular weight excluding hydrogens is 320 g/mol. The number of fused-ring (bicyclic) bond motifs is 1. The number of benzene rings is 2. The van der Waals surface area contributed by atoms with Gasteiger partial charge in [-0.3, -0.25) is 9.78 Å². The number of carbonyl (C=O) groups excluding carboxylic acids is 1. The predicted octanol–water partition coefficient (Wildman–Crippen LogP) is 3.99. The van der Waals surface area contributed by atoms with Crippen LogP contribution in [-0.2, 0) is 24.2 Å². The Balaban J connectivity index is 1.60. The minimum atomic E-state index is -0.163. The Labute approximate surface area is 154 Å². The fraction of sp³-hybridized carbons (Fsp3) is 0.217. The van der Waals surface area contributed by atoms with Crippen LogP contribution in [0, 0.1) is 0 Å². The second-order valence-electron chi connectivity index (χ2n) is 6.80. The van der Waals surface area contributed by atoms with E-state index in [0.717, 1.165) is 24.1 Å². The predicted molar refractivity (Wildman–Crippen MR) is 103 cm³/mol.